The van der Waals surface area contributed by atoms with Crippen molar-refractivity contribution in [2.24, 2.45) is 0 Å². The number of carbonyl (C=O) groups excluding carboxylic acids is 1. The molecule has 10 heteroatoms. The van der Waals surface area contributed by atoms with Crippen molar-refractivity contribution < 1.29 is 35.5 Å². The third kappa shape index (κ3) is 7.18. The van der Waals surface area contributed by atoms with Gasteiger partial charge in [-0.2, -0.15) is 17.7 Å². The molecule has 0 amide bonds. The van der Waals surface area contributed by atoms with Gasteiger partial charge in [0.2, 0.25) is 5.70 Å². The van der Waals surface area contributed by atoms with E-state index in [1.165, 1.54) is 45.5 Å². The molecule has 0 saturated heterocycles. The summed E-state index contributed by atoms with van der Waals surface area (Å²) in [6.07, 6.45) is 8.67. The molecule has 1 atom stereocenters. The van der Waals surface area contributed by atoms with E-state index in [4.69, 9.17) is 13.0 Å². The van der Waals surface area contributed by atoms with Crippen LogP contribution in [0.4, 0.5) is 18.9 Å². The molecule has 0 aliphatic carbocycles. The number of hydrogen-bond donors (Lipinski definition) is 0. The highest BCUT2D eigenvalue weighted by Gasteiger charge is 2.42. The lowest BCUT2D eigenvalue weighted by Crippen LogP contribution is -2.35. The zero-order valence-corrected chi connectivity index (χ0v) is 30.3. The minimum absolute atomic E-state index is 0.0839. The predicted molar refractivity (Wildman–Crippen MR) is 192 cm³/mol. The van der Waals surface area contributed by atoms with E-state index in [1.54, 1.807) is 0 Å². The van der Waals surface area contributed by atoms with E-state index < -0.39 is 15.6 Å². The molecule has 4 aromatic rings. The maximum absolute atomic E-state index is 14.4. The average molecular weight is 703 g/mol. The van der Waals surface area contributed by atoms with Crippen LogP contribution in [0.1, 0.15) is 85.0 Å². The van der Waals surface area contributed by atoms with Crippen LogP contribution >= 0.6 is 0 Å². The van der Waals surface area contributed by atoms with Crippen molar-refractivity contribution in [2.75, 3.05) is 11.9 Å². The Hall–Kier alpha value is -4.54. The molecule has 0 saturated carbocycles. The summed E-state index contributed by atoms with van der Waals surface area (Å²) in [6, 6.07) is 20.3. The van der Waals surface area contributed by atoms with Crippen LogP contribution in [0.3, 0.4) is 0 Å². The van der Waals surface area contributed by atoms with E-state index in [0.717, 1.165) is 45.5 Å². The number of aryl methyl sites for hydroxylation is 7. The minimum atomic E-state index is -6.09. The lowest BCUT2D eigenvalue weighted by atomic mass is 9.87. The summed E-state index contributed by atoms with van der Waals surface area (Å²) in [7, 11) is -3.90. The van der Waals surface area contributed by atoms with Crippen molar-refractivity contribution in [3.05, 3.63) is 128 Å². The van der Waals surface area contributed by atoms with Crippen molar-refractivity contribution in [3.63, 3.8) is 0 Å². The summed E-state index contributed by atoms with van der Waals surface area (Å²) < 4.78 is 61.0. The zero-order chi connectivity index (χ0) is 36.9. The third-order valence-corrected chi connectivity index (χ3v) is 10.1. The molecule has 1 unspecified atom stereocenters. The summed E-state index contributed by atoms with van der Waals surface area (Å²) in [6.45, 7) is 15.1. The van der Waals surface area contributed by atoms with Crippen LogP contribution in [0.15, 0.2) is 60.8 Å². The van der Waals surface area contributed by atoms with Gasteiger partial charge >= 0.3 is 5.51 Å². The normalized spacial score (nSPS) is 16.0. The summed E-state index contributed by atoms with van der Waals surface area (Å²) in [5.41, 5.74) is 11.1. The number of hydrogen-bond acceptors (Lipinski definition) is 5. The number of ketones is 1. The van der Waals surface area contributed by atoms with Crippen molar-refractivity contribution in [3.8, 4) is 0 Å². The molecule has 3 heterocycles. The van der Waals surface area contributed by atoms with Crippen LogP contribution in [0, 0.1) is 41.5 Å². The first kappa shape index (κ1) is 36.7. The number of anilines is 1. The molecular weight excluding hydrogens is 662 g/mol. The third-order valence-electron chi connectivity index (χ3n) is 9.49. The number of allylic oxidation sites excluding steroid dienone is 1. The first-order valence-corrected chi connectivity index (χ1v) is 17.8. The average Bonchev–Trinajstić information content (AvgIpc) is 3.27. The molecule has 6 rings (SSSR count). The number of fused-ring (bicyclic) bond motifs is 2. The maximum atomic E-state index is 14.4. The number of carbonyl (C=O) groups is 1. The largest absolute Gasteiger partial charge is 0.741 e. The van der Waals surface area contributed by atoms with Crippen LogP contribution in [-0.4, -0.2) is 37.4 Å². The number of halogens is 3. The Morgan fingerprint density at radius 3 is 1.84 bits per heavy atom. The number of nitrogens with zero attached hydrogens (tertiary/aromatic N) is 2. The van der Waals surface area contributed by atoms with Gasteiger partial charge in [-0.1, -0.05) is 53.6 Å². The molecular formula is C40H41F3N2O4S. The smallest absolute Gasteiger partial charge is 0.485 e. The van der Waals surface area contributed by atoms with Gasteiger partial charge in [-0.25, -0.2) is 8.42 Å². The van der Waals surface area contributed by atoms with E-state index >= 15 is 0 Å². The Morgan fingerprint density at radius 2 is 1.32 bits per heavy atom. The van der Waals surface area contributed by atoms with Crippen LogP contribution in [-0.2, 0) is 16.5 Å². The van der Waals surface area contributed by atoms with Crippen LogP contribution in [0.5, 0.6) is 0 Å². The van der Waals surface area contributed by atoms with Crippen LogP contribution in [0.25, 0.3) is 23.4 Å². The molecule has 0 radical (unpaired) electrons. The molecule has 2 aliphatic heterocycles. The molecule has 50 heavy (non-hydrogen) atoms. The number of benzene rings is 3. The summed E-state index contributed by atoms with van der Waals surface area (Å²) in [5.74, 6) is 0.0839. The maximum Gasteiger partial charge on any atom is 0.485 e. The fraction of sp³-hybridized carbons (Fsp3) is 0.300. The Morgan fingerprint density at radius 1 is 0.820 bits per heavy atom. The summed E-state index contributed by atoms with van der Waals surface area (Å²) in [4.78, 5) is 16.8. The first-order valence-electron chi connectivity index (χ1n) is 16.4. The topological polar surface area (TPSA) is 81.4 Å². The molecule has 0 fully saturated rings. The molecule has 6 nitrogen and oxygen atoms in total. The molecule has 1 aromatic heterocycles. The lowest BCUT2D eigenvalue weighted by molar-refractivity contribution is -0.577. The van der Waals surface area contributed by atoms with Crippen molar-refractivity contribution in [2.45, 2.75) is 72.9 Å². The Labute approximate surface area is 292 Å². The van der Waals surface area contributed by atoms with Crippen molar-refractivity contribution in [1.82, 2.24) is 0 Å². The van der Waals surface area contributed by atoms with Gasteiger partial charge in [-0.15, -0.1) is 0 Å². The van der Waals surface area contributed by atoms with Crippen molar-refractivity contribution >= 4 is 45.0 Å². The second kappa shape index (κ2) is 13.6. The van der Waals surface area contributed by atoms with Crippen LogP contribution in [0.2, 0.25) is 0 Å². The standard InChI is InChI=1S/C39H41N2O.CHF3O3S/c1-23-17-25(3)35(26(4)18-23)37-38(36-27(5)19-24(2)20-28(36)6)41-16-15-31(22-34(41)39(37)42)11-10-30-12-14-33-32(21-30)13-9-29(7)40(33)8;2-1(3,4)8(5,6)7/h10-12,14-22,29H,9,13H2,1-8H3;(H,5,6,7)/q+1;/p-1. The second-order valence-electron chi connectivity index (χ2n) is 13.4. The highest BCUT2D eigenvalue weighted by molar-refractivity contribution is 7.86. The molecule has 2 aliphatic rings. The quantitative estimate of drug-likeness (QED) is 0.121. The number of aromatic nitrogens is 1. The summed E-state index contributed by atoms with van der Waals surface area (Å²) in [5, 5.41) is 0. The zero-order valence-electron chi connectivity index (χ0n) is 29.5. The molecule has 0 N–H and O–H groups in total. The monoisotopic (exact) mass is 702 g/mol. The Balaban J connectivity index is 0.000000544. The van der Waals surface area contributed by atoms with E-state index in [0.29, 0.717) is 11.7 Å². The van der Waals surface area contributed by atoms with Gasteiger partial charge in [0.1, 0.15) is 5.57 Å². The number of Topliss-reactive ketones (excluding diaryl/α,β-unsaturated/α-hetero) is 1. The Bertz CT molecular complexity index is 2150. The fourth-order valence-corrected chi connectivity index (χ4v) is 7.19. The van der Waals surface area contributed by atoms with Gasteiger partial charge in [-0.05, 0) is 118 Å². The van der Waals surface area contributed by atoms with Crippen LogP contribution < -0.4 is 9.47 Å². The first-order chi connectivity index (χ1) is 23.3. The molecule has 0 spiro atoms. The van der Waals surface area contributed by atoms with E-state index in [9.17, 15) is 18.0 Å². The number of alkyl halides is 3. The second-order valence-corrected chi connectivity index (χ2v) is 14.8. The van der Waals surface area contributed by atoms with Gasteiger partial charge in [0.05, 0.1) is 5.56 Å². The van der Waals surface area contributed by atoms with E-state index in [2.05, 4.69) is 138 Å². The van der Waals surface area contributed by atoms with Gasteiger partial charge in [0.15, 0.2) is 16.3 Å². The highest BCUT2D eigenvalue weighted by atomic mass is 32.2. The highest BCUT2D eigenvalue weighted by Crippen LogP contribution is 2.38. The van der Waals surface area contributed by atoms with Gasteiger partial charge in [0, 0.05) is 30.9 Å². The SMILES string of the molecule is Cc1cc(C)c(C2=C(c3c(C)cc(C)cc3C)[n+]3ccc(C=Cc4ccc5c(c4)CCC(C)N5C)cc3C2=O)c(C)c1.O=S(=O)([O-])C(F)(F)F. The Kier molecular flexibility index (Phi) is 10.0. The number of rotatable bonds is 4. The van der Waals surface area contributed by atoms with Crippen molar-refractivity contribution in [1.29, 1.82) is 0 Å². The predicted octanol–water partition coefficient (Wildman–Crippen LogP) is 8.43. The van der Waals surface area contributed by atoms with E-state index in [-0.39, 0.29) is 5.78 Å². The summed E-state index contributed by atoms with van der Waals surface area (Å²) >= 11 is 0. The molecule has 262 valence electrons. The molecule has 3 aromatic carbocycles. The molecule has 0 bridgehead atoms. The number of pyridine rings is 1. The van der Waals surface area contributed by atoms with Gasteiger partial charge < -0.3 is 9.45 Å². The van der Waals surface area contributed by atoms with Gasteiger partial charge in [0.25, 0.3) is 11.5 Å². The minimum Gasteiger partial charge on any atom is -0.741 e. The van der Waals surface area contributed by atoms with Gasteiger partial charge in [-0.3, -0.25) is 4.79 Å². The fourth-order valence-electron chi connectivity index (χ4n) is 7.19. The lowest BCUT2D eigenvalue weighted by Gasteiger charge is -2.34. The van der Waals surface area contributed by atoms with E-state index in [1.807, 2.05) is 0 Å².